The van der Waals surface area contributed by atoms with Crippen LogP contribution in [0.15, 0.2) is 48.5 Å². The maximum atomic E-state index is 11.0. The molecule has 0 saturated heterocycles. The fourth-order valence-electron chi connectivity index (χ4n) is 3.77. The molecule has 2 aromatic carbocycles. The van der Waals surface area contributed by atoms with E-state index in [4.69, 9.17) is 19.3 Å². The predicted molar refractivity (Wildman–Crippen MR) is 133 cm³/mol. The highest BCUT2D eigenvalue weighted by atomic mass is 16.7. The van der Waals surface area contributed by atoms with Crippen LogP contribution < -0.4 is 4.74 Å². The first kappa shape index (κ1) is 26.9. The average molecular weight is 457 g/mol. The third-order valence-corrected chi connectivity index (χ3v) is 5.62. The van der Waals surface area contributed by atoms with Crippen molar-refractivity contribution in [2.75, 3.05) is 19.8 Å². The van der Waals surface area contributed by atoms with Gasteiger partial charge in [0, 0.05) is 26.2 Å². The molecule has 182 valence electrons. The molecule has 2 rings (SSSR count). The van der Waals surface area contributed by atoms with Gasteiger partial charge in [-0.25, -0.2) is 4.79 Å². The summed E-state index contributed by atoms with van der Waals surface area (Å²) in [5.41, 5.74) is 2.28. The quantitative estimate of drug-likeness (QED) is 0.188. The van der Waals surface area contributed by atoms with Crippen molar-refractivity contribution in [1.82, 2.24) is 0 Å². The summed E-state index contributed by atoms with van der Waals surface area (Å²) in [5, 5.41) is 9.04. The molecule has 0 saturated carbocycles. The minimum absolute atomic E-state index is 0.228. The van der Waals surface area contributed by atoms with E-state index in [9.17, 15) is 4.79 Å². The lowest BCUT2D eigenvalue weighted by molar-refractivity contribution is -0.0808. The van der Waals surface area contributed by atoms with E-state index in [-0.39, 0.29) is 11.9 Å². The number of aromatic carboxylic acids is 1. The van der Waals surface area contributed by atoms with Crippen molar-refractivity contribution in [3.05, 3.63) is 54.1 Å². The van der Waals surface area contributed by atoms with Crippen molar-refractivity contribution in [2.45, 2.75) is 77.9 Å². The molecule has 33 heavy (non-hydrogen) atoms. The Morgan fingerprint density at radius 3 is 1.85 bits per heavy atom. The lowest BCUT2D eigenvalue weighted by atomic mass is 10.0. The summed E-state index contributed by atoms with van der Waals surface area (Å²) in [6, 6.07) is 14.7. The number of benzene rings is 2. The van der Waals surface area contributed by atoms with Crippen molar-refractivity contribution in [3.8, 4) is 16.9 Å². The van der Waals surface area contributed by atoms with E-state index >= 15 is 0 Å². The zero-order valence-electron chi connectivity index (χ0n) is 20.3. The highest BCUT2D eigenvalue weighted by Gasteiger charge is 2.11. The zero-order chi connectivity index (χ0) is 23.7. The smallest absolute Gasteiger partial charge is 0.335 e. The Balaban J connectivity index is 1.68. The SMILES string of the molecule is CCOCCCCCCCCCCC(OCC)Oc1ccc(-c2ccc(C(=O)O)cc2)cc1. The zero-order valence-corrected chi connectivity index (χ0v) is 20.3. The minimum Gasteiger partial charge on any atom is -0.478 e. The van der Waals surface area contributed by atoms with E-state index in [2.05, 4.69) is 0 Å². The van der Waals surface area contributed by atoms with Crippen LogP contribution in [0.25, 0.3) is 11.1 Å². The second kappa shape index (κ2) is 16.3. The van der Waals surface area contributed by atoms with E-state index in [0.717, 1.165) is 42.9 Å². The molecule has 2 aromatic rings. The van der Waals surface area contributed by atoms with E-state index in [1.807, 2.05) is 50.2 Å². The monoisotopic (exact) mass is 456 g/mol. The Labute approximate surface area is 199 Å². The van der Waals surface area contributed by atoms with Gasteiger partial charge in [-0.3, -0.25) is 0 Å². The van der Waals surface area contributed by atoms with Crippen molar-refractivity contribution < 1.29 is 24.1 Å². The van der Waals surface area contributed by atoms with Gasteiger partial charge < -0.3 is 19.3 Å². The van der Waals surface area contributed by atoms with Crippen LogP contribution in [0.1, 0.15) is 82.0 Å². The van der Waals surface area contributed by atoms with Crippen LogP contribution in [0, 0.1) is 0 Å². The van der Waals surface area contributed by atoms with Gasteiger partial charge in [0.2, 0.25) is 0 Å². The molecule has 5 heteroatoms. The lowest BCUT2D eigenvalue weighted by Gasteiger charge is -2.19. The van der Waals surface area contributed by atoms with Gasteiger partial charge in [-0.2, -0.15) is 0 Å². The molecule has 0 spiro atoms. The summed E-state index contributed by atoms with van der Waals surface area (Å²) in [5.74, 6) is -0.132. The van der Waals surface area contributed by atoms with Crippen LogP contribution in [-0.2, 0) is 9.47 Å². The van der Waals surface area contributed by atoms with Crippen molar-refractivity contribution >= 4 is 5.97 Å². The van der Waals surface area contributed by atoms with E-state index in [1.165, 1.54) is 44.9 Å². The van der Waals surface area contributed by atoms with Crippen molar-refractivity contribution in [2.24, 2.45) is 0 Å². The van der Waals surface area contributed by atoms with Crippen LogP contribution in [0.2, 0.25) is 0 Å². The number of unbranched alkanes of at least 4 members (excludes halogenated alkanes) is 7. The van der Waals surface area contributed by atoms with E-state index in [0.29, 0.717) is 6.61 Å². The highest BCUT2D eigenvalue weighted by Crippen LogP contribution is 2.24. The molecule has 1 atom stereocenters. The topological polar surface area (TPSA) is 65.0 Å². The fourth-order valence-corrected chi connectivity index (χ4v) is 3.77. The van der Waals surface area contributed by atoms with Gasteiger partial charge >= 0.3 is 5.97 Å². The Morgan fingerprint density at radius 1 is 0.758 bits per heavy atom. The second-order valence-electron chi connectivity index (χ2n) is 8.22. The molecule has 0 radical (unpaired) electrons. The number of hydrogen-bond donors (Lipinski definition) is 1. The molecule has 0 aliphatic rings. The molecule has 0 fully saturated rings. The van der Waals surface area contributed by atoms with Gasteiger partial charge in [0.25, 0.3) is 0 Å². The summed E-state index contributed by atoms with van der Waals surface area (Å²) in [4.78, 5) is 11.0. The van der Waals surface area contributed by atoms with Crippen LogP contribution in [-0.4, -0.2) is 37.2 Å². The molecule has 0 amide bonds. The van der Waals surface area contributed by atoms with Crippen LogP contribution >= 0.6 is 0 Å². The standard InChI is InChI=1S/C28H40O5/c1-3-31-22-12-10-8-6-5-7-9-11-13-27(32-4-2)33-26-20-18-24(19-21-26)23-14-16-25(17-15-23)28(29)30/h14-21,27H,3-13,22H2,1-2H3,(H,29,30). The Hall–Kier alpha value is -2.37. The van der Waals surface area contributed by atoms with Gasteiger partial charge in [0.1, 0.15) is 5.75 Å². The van der Waals surface area contributed by atoms with Crippen LogP contribution in [0.3, 0.4) is 0 Å². The molecule has 0 aliphatic carbocycles. The molecular formula is C28H40O5. The molecule has 0 aromatic heterocycles. The van der Waals surface area contributed by atoms with Gasteiger partial charge in [-0.15, -0.1) is 0 Å². The summed E-state index contributed by atoms with van der Waals surface area (Å²) in [6.45, 7) is 6.38. The normalized spacial score (nSPS) is 11.9. The molecule has 1 unspecified atom stereocenters. The first-order chi connectivity index (χ1) is 16.1. The van der Waals surface area contributed by atoms with Gasteiger partial charge in [0.15, 0.2) is 6.29 Å². The lowest BCUT2D eigenvalue weighted by Crippen LogP contribution is -2.20. The summed E-state index contributed by atoms with van der Waals surface area (Å²) >= 11 is 0. The summed E-state index contributed by atoms with van der Waals surface area (Å²) in [7, 11) is 0. The largest absolute Gasteiger partial charge is 0.478 e. The predicted octanol–water partition coefficient (Wildman–Crippen LogP) is 7.34. The number of rotatable bonds is 18. The third-order valence-electron chi connectivity index (χ3n) is 5.62. The summed E-state index contributed by atoms with van der Waals surface area (Å²) in [6.07, 6.45) is 10.6. The van der Waals surface area contributed by atoms with E-state index in [1.54, 1.807) is 12.1 Å². The van der Waals surface area contributed by atoms with Crippen LogP contribution in [0.4, 0.5) is 0 Å². The van der Waals surface area contributed by atoms with Crippen molar-refractivity contribution in [1.29, 1.82) is 0 Å². The number of hydrogen-bond acceptors (Lipinski definition) is 4. The Bertz CT molecular complexity index is 770. The average Bonchev–Trinajstić information content (AvgIpc) is 2.83. The molecule has 0 heterocycles. The minimum atomic E-state index is -0.916. The first-order valence-corrected chi connectivity index (χ1v) is 12.4. The number of ether oxygens (including phenoxy) is 3. The Kier molecular flexibility index (Phi) is 13.3. The van der Waals surface area contributed by atoms with Crippen molar-refractivity contribution in [3.63, 3.8) is 0 Å². The van der Waals surface area contributed by atoms with Gasteiger partial charge in [0.05, 0.1) is 5.56 Å². The molecule has 5 nitrogen and oxygen atoms in total. The summed E-state index contributed by atoms with van der Waals surface area (Å²) < 4.78 is 17.2. The molecule has 1 N–H and O–H groups in total. The maximum Gasteiger partial charge on any atom is 0.335 e. The number of carboxylic acid groups (broad SMARTS) is 1. The molecular weight excluding hydrogens is 416 g/mol. The Morgan fingerprint density at radius 2 is 1.30 bits per heavy atom. The molecule has 0 aliphatic heterocycles. The van der Waals surface area contributed by atoms with Crippen LogP contribution in [0.5, 0.6) is 5.75 Å². The molecule has 0 bridgehead atoms. The first-order valence-electron chi connectivity index (χ1n) is 12.4. The maximum absolute atomic E-state index is 11.0. The highest BCUT2D eigenvalue weighted by molar-refractivity contribution is 5.88. The number of carbonyl (C=O) groups is 1. The third kappa shape index (κ3) is 10.9. The number of carboxylic acids is 1. The van der Waals surface area contributed by atoms with Gasteiger partial charge in [-0.1, -0.05) is 62.8 Å². The van der Waals surface area contributed by atoms with E-state index < -0.39 is 5.97 Å². The fraction of sp³-hybridized carbons (Fsp3) is 0.536. The second-order valence-corrected chi connectivity index (χ2v) is 8.22. The van der Waals surface area contributed by atoms with Gasteiger partial charge in [-0.05, 0) is 62.1 Å².